The molecule has 0 radical (unpaired) electrons. The molecule has 7 heteroatoms. The molecular formula is C13H14BrN3O3. The molecule has 2 N–H and O–H groups in total. The number of aliphatic hydroxyl groups is 2. The Bertz CT molecular complexity index is 594. The van der Waals surface area contributed by atoms with E-state index < -0.39 is 12.2 Å². The van der Waals surface area contributed by atoms with Crippen LogP contribution in [-0.4, -0.2) is 50.6 Å². The zero-order valence-corrected chi connectivity index (χ0v) is 12.2. The second-order valence-corrected chi connectivity index (χ2v) is 5.66. The van der Waals surface area contributed by atoms with Crippen molar-refractivity contribution in [3.63, 3.8) is 0 Å². The van der Waals surface area contributed by atoms with Crippen molar-refractivity contribution in [3.8, 4) is 11.5 Å². The third-order valence-corrected chi connectivity index (χ3v) is 3.96. The van der Waals surface area contributed by atoms with Crippen LogP contribution in [0.4, 0.5) is 0 Å². The summed E-state index contributed by atoms with van der Waals surface area (Å²) in [6, 6.07) is 7.62. The molecule has 2 unspecified atom stereocenters. The molecule has 0 bridgehead atoms. The molecule has 1 fully saturated rings. The summed E-state index contributed by atoms with van der Waals surface area (Å²) in [6.45, 7) is 1.24. The lowest BCUT2D eigenvalue weighted by atomic mass is 10.2. The van der Waals surface area contributed by atoms with Gasteiger partial charge in [-0.05, 0) is 28.1 Å². The number of hydrogen-bond acceptors (Lipinski definition) is 6. The predicted molar refractivity (Wildman–Crippen MR) is 74.7 cm³/mol. The molecule has 1 aromatic carbocycles. The number of rotatable bonds is 3. The highest BCUT2D eigenvalue weighted by atomic mass is 79.9. The number of β-amino-alcohol motifs (C(OH)–C–C–N with tert-alkyl or cyclic N) is 2. The first-order chi connectivity index (χ1) is 9.63. The van der Waals surface area contributed by atoms with Crippen LogP contribution in [0.3, 0.4) is 0 Å². The zero-order chi connectivity index (χ0) is 14.1. The maximum atomic E-state index is 9.50. The van der Waals surface area contributed by atoms with Gasteiger partial charge in [-0.3, -0.25) is 4.90 Å². The summed E-state index contributed by atoms with van der Waals surface area (Å²) in [5.74, 6) is 0.921. The minimum atomic E-state index is -0.708. The SMILES string of the molecule is OC1CN(Cc2nnc(-c3ccccc3Br)o2)CC1O. The van der Waals surface area contributed by atoms with E-state index in [-0.39, 0.29) is 0 Å². The molecule has 0 amide bonds. The van der Waals surface area contributed by atoms with Crippen LogP contribution >= 0.6 is 15.9 Å². The van der Waals surface area contributed by atoms with E-state index in [0.29, 0.717) is 31.4 Å². The van der Waals surface area contributed by atoms with Crippen molar-refractivity contribution in [1.82, 2.24) is 15.1 Å². The summed E-state index contributed by atoms with van der Waals surface area (Å²) >= 11 is 3.44. The lowest BCUT2D eigenvalue weighted by Gasteiger charge is -2.10. The Labute approximate surface area is 124 Å². The molecule has 1 saturated heterocycles. The Morgan fingerprint density at radius 1 is 1.20 bits per heavy atom. The first-order valence-electron chi connectivity index (χ1n) is 6.29. The second-order valence-electron chi connectivity index (χ2n) is 4.81. The van der Waals surface area contributed by atoms with E-state index in [1.54, 1.807) is 0 Å². The normalized spacial score (nSPS) is 23.4. The van der Waals surface area contributed by atoms with E-state index in [1.807, 2.05) is 29.2 Å². The van der Waals surface area contributed by atoms with Gasteiger partial charge in [-0.2, -0.15) is 0 Å². The summed E-state index contributed by atoms with van der Waals surface area (Å²) in [6.07, 6.45) is -1.42. The van der Waals surface area contributed by atoms with E-state index in [4.69, 9.17) is 4.42 Å². The highest BCUT2D eigenvalue weighted by Crippen LogP contribution is 2.27. The fraction of sp³-hybridized carbons (Fsp3) is 0.385. The summed E-state index contributed by atoms with van der Waals surface area (Å²) in [5, 5.41) is 27.0. The van der Waals surface area contributed by atoms with Crippen LogP contribution in [0.15, 0.2) is 33.2 Å². The first-order valence-corrected chi connectivity index (χ1v) is 7.08. The molecule has 0 saturated carbocycles. The van der Waals surface area contributed by atoms with Gasteiger partial charge in [0, 0.05) is 17.6 Å². The number of benzene rings is 1. The van der Waals surface area contributed by atoms with E-state index >= 15 is 0 Å². The third-order valence-electron chi connectivity index (χ3n) is 3.26. The van der Waals surface area contributed by atoms with Crippen molar-refractivity contribution in [2.45, 2.75) is 18.8 Å². The molecule has 1 aliphatic heterocycles. The Kier molecular flexibility index (Phi) is 3.84. The Morgan fingerprint density at radius 3 is 2.60 bits per heavy atom. The summed E-state index contributed by atoms with van der Waals surface area (Å²) in [5.41, 5.74) is 0.841. The van der Waals surface area contributed by atoms with Gasteiger partial charge in [-0.1, -0.05) is 12.1 Å². The van der Waals surface area contributed by atoms with Gasteiger partial charge >= 0.3 is 0 Å². The zero-order valence-electron chi connectivity index (χ0n) is 10.6. The molecule has 1 aliphatic rings. The molecule has 0 spiro atoms. The van der Waals surface area contributed by atoms with E-state index in [2.05, 4.69) is 26.1 Å². The van der Waals surface area contributed by atoms with Crippen molar-refractivity contribution in [3.05, 3.63) is 34.6 Å². The molecule has 0 aliphatic carbocycles. The smallest absolute Gasteiger partial charge is 0.248 e. The second kappa shape index (κ2) is 5.61. The van der Waals surface area contributed by atoms with Crippen LogP contribution in [0.5, 0.6) is 0 Å². The molecule has 2 heterocycles. The van der Waals surface area contributed by atoms with Crippen molar-refractivity contribution >= 4 is 15.9 Å². The monoisotopic (exact) mass is 339 g/mol. The molecular weight excluding hydrogens is 326 g/mol. The van der Waals surface area contributed by atoms with Crippen LogP contribution in [0, 0.1) is 0 Å². The van der Waals surface area contributed by atoms with Gasteiger partial charge in [0.15, 0.2) is 0 Å². The standard InChI is InChI=1S/C13H14BrN3O3/c14-9-4-2-1-3-8(9)13-16-15-12(20-13)7-17-5-10(18)11(19)6-17/h1-4,10-11,18-19H,5-7H2. The number of aliphatic hydroxyl groups excluding tert-OH is 2. The maximum Gasteiger partial charge on any atom is 0.248 e. The largest absolute Gasteiger partial charge is 0.419 e. The Balaban J connectivity index is 1.73. The average molecular weight is 340 g/mol. The van der Waals surface area contributed by atoms with Crippen LogP contribution in [-0.2, 0) is 6.54 Å². The van der Waals surface area contributed by atoms with Gasteiger partial charge in [0.05, 0.1) is 24.3 Å². The molecule has 2 atom stereocenters. The van der Waals surface area contributed by atoms with E-state index in [0.717, 1.165) is 10.0 Å². The Hall–Kier alpha value is -1.28. The van der Waals surface area contributed by atoms with Crippen molar-refractivity contribution in [2.24, 2.45) is 0 Å². The van der Waals surface area contributed by atoms with Crippen molar-refractivity contribution in [2.75, 3.05) is 13.1 Å². The first kappa shape index (κ1) is 13.7. The minimum Gasteiger partial charge on any atom is -0.419 e. The average Bonchev–Trinajstić information content (AvgIpc) is 2.98. The van der Waals surface area contributed by atoms with Gasteiger partial charge in [0.2, 0.25) is 11.8 Å². The van der Waals surface area contributed by atoms with Crippen LogP contribution in [0.25, 0.3) is 11.5 Å². The van der Waals surface area contributed by atoms with Crippen LogP contribution < -0.4 is 0 Å². The highest BCUT2D eigenvalue weighted by molar-refractivity contribution is 9.10. The molecule has 20 heavy (non-hydrogen) atoms. The quantitative estimate of drug-likeness (QED) is 0.869. The van der Waals surface area contributed by atoms with Crippen molar-refractivity contribution in [1.29, 1.82) is 0 Å². The number of likely N-dealkylation sites (tertiary alicyclic amines) is 1. The van der Waals surface area contributed by atoms with Gasteiger partial charge in [-0.15, -0.1) is 10.2 Å². The maximum absolute atomic E-state index is 9.50. The lowest BCUT2D eigenvalue weighted by Crippen LogP contribution is -2.22. The fourth-order valence-electron chi connectivity index (χ4n) is 2.23. The fourth-order valence-corrected chi connectivity index (χ4v) is 2.68. The molecule has 106 valence electrons. The Morgan fingerprint density at radius 2 is 1.90 bits per heavy atom. The van der Waals surface area contributed by atoms with Gasteiger partial charge in [-0.25, -0.2) is 0 Å². The predicted octanol–water partition coefficient (Wildman–Crippen LogP) is 1.04. The van der Waals surface area contributed by atoms with Crippen LogP contribution in [0.2, 0.25) is 0 Å². The number of halogens is 1. The number of nitrogens with zero attached hydrogens (tertiary/aromatic N) is 3. The summed E-state index contributed by atoms with van der Waals surface area (Å²) in [7, 11) is 0. The third kappa shape index (κ3) is 2.76. The summed E-state index contributed by atoms with van der Waals surface area (Å²) in [4.78, 5) is 1.88. The molecule has 6 nitrogen and oxygen atoms in total. The van der Waals surface area contributed by atoms with Crippen molar-refractivity contribution < 1.29 is 14.6 Å². The molecule has 3 rings (SSSR count). The van der Waals surface area contributed by atoms with E-state index in [1.165, 1.54) is 0 Å². The lowest BCUT2D eigenvalue weighted by molar-refractivity contribution is 0.0572. The minimum absolute atomic E-state index is 0.411. The number of aromatic nitrogens is 2. The van der Waals surface area contributed by atoms with Gasteiger partial charge in [0.25, 0.3) is 0 Å². The topological polar surface area (TPSA) is 82.6 Å². The highest BCUT2D eigenvalue weighted by Gasteiger charge is 2.30. The van der Waals surface area contributed by atoms with Gasteiger partial charge in [0.1, 0.15) is 0 Å². The van der Waals surface area contributed by atoms with E-state index in [9.17, 15) is 10.2 Å². The molecule has 1 aromatic heterocycles. The van der Waals surface area contributed by atoms with Gasteiger partial charge < -0.3 is 14.6 Å². The van der Waals surface area contributed by atoms with Crippen LogP contribution in [0.1, 0.15) is 5.89 Å². The summed E-state index contributed by atoms with van der Waals surface area (Å²) < 4.78 is 6.52. The molecule has 2 aromatic rings. The number of hydrogen-bond donors (Lipinski definition) is 2.